The molecular weight excluding hydrogens is 841 g/mol. The zero-order chi connectivity index (χ0) is 46.6. The first-order valence-electron chi connectivity index (χ1n) is 24.9. The van der Waals surface area contributed by atoms with Crippen molar-refractivity contribution in [1.29, 1.82) is 0 Å². The van der Waals surface area contributed by atoms with Crippen LogP contribution < -0.4 is 0 Å². The Bertz CT molecular complexity index is 4380. The van der Waals surface area contributed by atoms with Gasteiger partial charge in [-0.3, -0.25) is 0 Å². The number of benzene rings is 13. The summed E-state index contributed by atoms with van der Waals surface area (Å²) < 4.78 is 0. The predicted molar refractivity (Wildman–Crippen MR) is 300 cm³/mol. The fourth-order valence-corrected chi connectivity index (χ4v) is 13.7. The summed E-state index contributed by atoms with van der Waals surface area (Å²) in [6, 6.07) is 82.6. The van der Waals surface area contributed by atoms with Crippen LogP contribution in [-0.4, -0.2) is 0 Å². The van der Waals surface area contributed by atoms with Gasteiger partial charge >= 0.3 is 0 Å². The molecule has 0 spiro atoms. The Kier molecular flexibility index (Phi) is 8.00. The number of rotatable bonds is 3. The van der Waals surface area contributed by atoms with Gasteiger partial charge in [0.15, 0.2) is 0 Å². The summed E-state index contributed by atoms with van der Waals surface area (Å²) in [6.45, 7) is 9.91. The lowest BCUT2D eigenvalue weighted by molar-refractivity contribution is 0.602. The highest BCUT2D eigenvalue weighted by Crippen LogP contribution is 2.61. The Morgan fingerprint density at radius 3 is 1.27 bits per heavy atom. The molecule has 328 valence electrons. The minimum absolute atomic E-state index is 0.202. The minimum Gasteiger partial charge on any atom is -0.0616 e. The van der Waals surface area contributed by atoms with Crippen molar-refractivity contribution in [2.24, 2.45) is 0 Å². The van der Waals surface area contributed by atoms with E-state index in [1.165, 1.54) is 153 Å². The normalized spacial score (nSPS) is 14.2. The molecule has 0 saturated heterocycles. The van der Waals surface area contributed by atoms with E-state index in [0.717, 1.165) is 0 Å². The third-order valence-electron chi connectivity index (χ3n) is 16.8. The average molecular weight is 889 g/mol. The van der Waals surface area contributed by atoms with Crippen molar-refractivity contribution >= 4 is 75.4 Å². The first kappa shape index (κ1) is 39.7. The van der Waals surface area contributed by atoms with E-state index < -0.39 is 0 Å². The second-order valence-electron chi connectivity index (χ2n) is 21.0. The van der Waals surface area contributed by atoms with Crippen molar-refractivity contribution in [2.75, 3.05) is 0 Å². The molecule has 0 fully saturated rings. The molecular formula is C70H48. The number of hydrogen-bond donors (Lipinski definition) is 0. The van der Waals surface area contributed by atoms with Gasteiger partial charge in [0.2, 0.25) is 0 Å². The van der Waals surface area contributed by atoms with E-state index in [0.29, 0.717) is 0 Å². The van der Waals surface area contributed by atoms with Gasteiger partial charge in [0, 0.05) is 10.8 Å². The standard InChI is InChI=1S/C70H48/c1-69(2)62-40-60-48-24-10-8-22-46(48)45-21-7-9-23-47(45)59(60)38-61(62)56-36-37-57-66-51-26-12-11-25-49(51)58(39-63(66)70(3,4)68(57)67(56)69)42-32-34-43(35-33-42)64-52-27-13-15-29-54(52)65(55-30-16-14-28-53(55)64)50-31-17-19-41-18-5-6-20-44(41)50/h5-40H,1-4H3. The van der Waals surface area contributed by atoms with Crippen molar-refractivity contribution in [3.63, 3.8) is 0 Å². The molecule has 0 heterocycles. The molecule has 13 aromatic carbocycles. The zero-order valence-corrected chi connectivity index (χ0v) is 39.8. The molecule has 0 saturated carbocycles. The lowest BCUT2D eigenvalue weighted by Crippen LogP contribution is -2.24. The van der Waals surface area contributed by atoms with Crippen LogP contribution in [0.25, 0.3) is 131 Å². The Balaban J connectivity index is 0.891. The van der Waals surface area contributed by atoms with Gasteiger partial charge in [-0.1, -0.05) is 228 Å². The smallest absolute Gasteiger partial charge is 0.0162 e. The summed E-state index contributed by atoms with van der Waals surface area (Å²) in [4.78, 5) is 0. The zero-order valence-electron chi connectivity index (χ0n) is 39.8. The molecule has 0 atom stereocenters. The van der Waals surface area contributed by atoms with E-state index in [-0.39, 0.29) is 10.8 Å². The van der Waals surface area contributed by atoms with E-state index in [1.807, 2.05) is 0 Å². The summed E-state index contributed by atoms with van der Waals surface area (Å²) in [5, 5.41) is 18.2. The molecule has 0 aliphatic heterocycles. The van der Waals surface area contributed by atoms with Crippen molar-refractivity contribution in [2.45, 2.75) is 38.5 Å². The molecule has 70 heavy (non-hydrogen) atoms. The van der Waals surface area contributed by atoms with Crippen LogP contribution in [0.3, 0.4) is 0 Å². The van der Waals surface area contributed by atoms with E-state index in [4.69, 9.17) is 0 Å². The quantitative estimate of drug-likeness (QED) is 0.122. The molecule has 0 amide bonds. The second-order valence-corrected chi connectivity index (χ2v) is 21.0. The lowest BCUT2D eigenvalue weighted by atomic mass is 9.72. The molecule has 0 bridgehead atoms. The third kappa shape index (κ3) is 5.21. The Morgan fingerprint density at radius 2 is 0.657 bits per heavy atom. The topological polar surface area (TPSA) is 0 Å². The van der Waals surface area contributed by atoms with Gasteiger partial charge in [0.1, 0.15) is 0 Å². The average Bonchev–Trinajstić information content (AvgIpc) is 3.78. The molecule has 13 aromatic rings. The molecule has 0 radical (unpaired) electrons. The maximum absolute atomic E-state index is 2.55. The van der Waals surface area contributed by atoms with E-state index in [9.17, 15) is 0 Å². The molecule has 2 aliphatic carbocycles. The van der Waals surface area contributed by atoms with Crippen molar-refractivity contribution in [3.05, 3.63) is 241 Å². The van der Waals surface area contributed by atoms with Crippen LogP contribution in [0.4, 0.5) is 0 Å². The molecule has 0 aromatic heterocycles. The van der Waals surface area contributed by atoms with Crippen LogP contribution >= 0.6 is 0 Å². The van der Waals surface area contributed by atoms with Crippen molar-refractivity contribution in [1.82, 2.24) is 0 Å². The maximum Gasteiger partial charge on any atom is 0.0162 e. The van der Waals surface area contributed by atoms with Crippen LogP contribution in [0.1, 0.15) is 49.9 Å². The van der Waals surface area contributed by atoms with Gasteiger partial charge in [0.25, 0.3) is 0 Å². The van der Waals surface area contributed by atoms with E-state index in [2.05, 4.69) is 246 Å². The predicted octanol–water partition coefficient (Wildman–Crippen LogP) is 19.4. The van der Waals surface area contributed by atoms with Gasteiger partial charge in [-0.15, -0.1) is 0 Å². The van der Waals surface area contributed by atoms with Crippen LogP contribution in [-0.2, 0) is 10.8 Å². The highest BCUT2D eigenvalue weighted by Gasteiger charge is 2.46. The summed E-state index contributed by atoms with van der Waals surface area (Å²) in [5.41, 5.74) is 18.5. The fourth-order valence-electron chi connectivity index (χ4n) is 13.7. The highest BCUT2D eigenvalue weighted by atomic mass is 14.5. The summed E-state index contributed by atoms with van der Waals surface area (Å²) in [7, 11) is 0. The first-order chi connectivity index (χ1) is 34.3. The molecule has 0 heteroatoms. The highest BCUT2D eigenvalue weighted by molar-refractivity contribution is 6.27. The molecule has 0 nitrogen and oxygen atoms in total. The number of hydrogen-bond acceptors (Lipinski definition) is 0. The second kappa shape index (κ2) is 14.1. The van der Waals surface area contributed by atoms with Gasteiger partial charge in [-0.05, 0) is 171 Å². The number of fused-ring (bicyclic) bond motifs is 18. The molecule has 0 unspecified atom stereocenters. The first-order valence-corrected chi connectivity index (χ1v) is 24.9. The summed E-state index contributed by atoms with van der Waals surface area (Å²) in [6.07, 6.45) is 0. The van der Waals surface area contributed by atoms with Crippen molar-refractivity contribution < 1.29 is 0 Å². The van der Waals surface area contributed by atoms with Gasteiger partial charge in [0.05, 0.1) is 0 Å². The Labute approximate surface area is 408 Å². The van der Waals surface area contributed by atoms with Gasteiger partial charge in [-0.25, -0.2) is 0 Å². The molecule has 0 N–H and O–H groups in total. The Hall–Kier alpha value is -8.32. The summed E-state index contributed by atoms with van der Waals surface area (Å²) in [5.74, 6) is 0. The summed E-state index contributed by atoms with van der Waals surface area (Å²) >= 11 is 0. The van der Waals surface area contributed by atoms with Crippen LogP contribution in [0, 0.1) is 0 Å². The largest absolute Gasteiger partial charge is 0.0616 e. The maximum atomic E-state index is 2.55. The Morgan fingerprint density at radius 1 is 0.229 bits per heavy atom. The van der Waals surface area contributed by atoms with Crippen LogP contribution in [0.2, 0.25) is 0 Å². The van der Waals surface area contributed by atoms with E-state index in [1.54, 1.807) is 0 Å². The molecule has 15 rings (SSSR count). The fraction of sp³-hybridized carbons (Fsp3) is 0.0857. The van der Waals surface area contributed by atoms with Gasteiger partial charge in [-0.2, -0.15) is 0 Å². The monoisotopic (exact) mass is 888 g/mol. The molecule has 2 aliphatic rings. The van der Waals surface area contributed by atoms with Crippen LogP contribution in [0.15, 0.2) is 218 Å². The van der Waals surface area contributed by atoms with E-state index >= 15 is 0 Å². The van der Waals surface area contributed by atoms with Crippen LogP contribution in [0.5, 0.6) is 0 Å². The minimum atomic E-state index is -0.240. The SMILES string of the molecule is CC1(C)c2cc3c4ccccc4c4ccccc4c3cc2-c2ccc3c(c21)C(C)(C)c1cc(-c2ccc(-c4c5ccccc5c(-c5cccc6ccccc56)c5ccccc45)cc2)c2ccccc2c1-3. The third-order valence-corrected chi connectivity index (χ3v) is 16.8. The lowest BCUT2D eigenvalue weighted by Gasteiger charge is -2.31. The van der Waals surface area contributed by atoms with Crippen molar-refractivity contribution in [3.8, 4) is 55.6 Å². The van der Waals surface area contributed by atoms with Gasteiger partial charge < -0.3 is 0 Å².